The van der Waals surface area contributed by atoms with Crippen LogP contribution in [-0.2, 0) is 4.79 Å². The Bertz CT molecular complexity index is 1120. The molecular weight excluding hydrogens is 373 g/mol. The van der Waals surface area contributed by atoms with E-state index in [9.17, 15) is 23.9 Å². The number of carbonyl (C=O) groups is 2. The Hall–Kier alpha value is -3.26. The molecule has 6 nitrogen and oxygen atoms in total. The molecule has 1 heterocycles. The molecule has 0 saturated carbocycles. The molecule has 8 heteroatoms. The maximum absolute atomic E-state index is 13.4. The molecule has 3 N–H and O–H groups in total. The number of hydrogen-bond donors (Lipinski definition) is 3. The van der Waals surface area contributed by atoms with Gasteiger partial charge in [0.15, 0.2) is 0 Å². The van der Waals surface area contributed by atoms with Crippen LogP contribution in [0.3, 0.4) is 0 Å². The highest BCUT2D eigenvalue weighted by atomic mass is 32.1. The van der Waals surface area contributed by atoms with Crippen LogP contribution in [0.15, 0.2) is 47.3 Å². The van der Waals surface area contributed by atoms with Gasteiger partial charge in [0.2, 0.25) is 4.74 Å². The van der Waals surface area contributed by atoms with Crippen LogP contribution in [-0.4, -0.2) is 28.1 Å². The third-order valence-corrected chi connectivity index (χ3v) is 4.93. The van der Waals surface area contributed by atoms with Crippen molar-refractivity contribution in [1.82, 2.24) is 5.32 Å². The van der Waals surface area contributed by atoms with Crippen molar-refractivity contribution in [1.29, 1.82) is 0 Å². The summed E-state index contributed by atoms with van der Waals surface area (Å²) >= 11 is 0.742. The van der Waals surface area contributed by atoms with Crippen LogP contribution < -0.4 is 10.1 Å². The van der Waals surface area contributed by atoms with Gasteiger partial charge in [0, 0.05) is 10.1 Å². The second kappa shape index (κ2) is 7.16. The number of halogens is 1. The minimum atomic E-state index is -1.26. The average Bonchev–Trinajstić information content (AvgIpc) is 2.61. The number of hydrogen-bond acceptors (Lipinski definition) is 5. The molecule has 1 unspecified atom stereocenters. The summed E-state index contributed by atoms with van der Waals surface area (Å²) in [6.45, 7) is 1.25. The molecule has 0 fully saturated rings. The Morgan fingerprint density at radius 3 is 2.52 bits per heavy atom. The van der Waals surface area contributed by atoms with Crippen molar-refractivity contribution >= 4 is 33.3 Å². The number of benzene rings is 2. The molecule has 1 aromatic heterocycles. The summed E-state index contributed by atoms with van der Waals surface area (Å²) in [7, 11) is 0. The molecule has 27 heavy (non-hydrogen) atoms. The van der Waals surface area contributed by atoms with Crippen molar-refractivity contribution < 1.29 is 24.2 Å². The van der Waals surface area contributed by atoms with E-state index in [0.29, 0.717) is 15.8 Å². The third-order valence-electron chi connectivity index (χ3n) is 3.98. The minimum Gasteiger partial charge on any atom is -0.506 e. The van der Waals surface area contributed by atoms with E-state index >= 15 is 0 Å². The Morgan fingerprint density at radius 1 is 1.15 bits per heavy atom. The van der Waals surface area contributed by atoms with Crippen LogP contribution in [0.2, 0.25) is 0 Å². The van der Waals surface area contributed by atoms with E-state index in [1.165, 1.54) is 25.1 Å². The molecule has 0 radical (unpaired) electrons. The van der Waals surface area contributed by atoms with Gasteiger partial charge in [0.05, 0.1) is 0 Å². The average molecular weight is 387 g/mol. The first-order valence-corrected chi connectivity index (χ1v) is 8.69. The van der Waals surface area contributed by atoms with Crippen LogP contribution in [0.1, 0.15) is 17.3 Å². The second-order valence-corrected chi connectivity index (χ2v) is 6.88. The molecule has 0 aliphatic heterocycles. The molecule has 1 atom stereocenters. The van der Waals surface area contributed by atoms with Gasteiger partial charge >= 0.3 is 5.97 Å². The largest absolute Gasteiger partial charge is 0.506 e. The number of carboxylic acids is 1. The summed E-state index contributed by atoms with van der Waals surface area (Å²) in [6.07, 6.45) is 0. The summed E-state index contributed by atoms with van der Waals surface area (Å²) in [5, 5.41) is 21.7. The van der Waals surface area contributed by atoms with E-state index < -0.39 is 39.8 Å². The fourth-order valence-corrected chi connectivity index (χ4v) is 3.51. The zero-order valence-electron chi connectivity index (χ0n) is 14.0. The molecule has 2 aromatic carbocycles. The first-order valence-electron chi connectivity index (χ1n) is 7.87. The lowest BCUT2D eigenvalue weighted by Crippen LogP contribution is -2.39. The first-order chi connectivity index (χ1) is 12.8. The highest BCUT2D eigenvalue weighted by molar-refractivity contribution is 7.16. The number of aliphatic carboxylic acids is 1. The van der Waals surface area contributed by atoms with Crippen molar-refractivity contribution in [2.75, 3.05) is 0 Å². The third kappa shape index (κ3) is 3.65. The highest BCUT2D eigenvalue weighted by Gasteiger charge is 2.23. The van der Waals surface area contributed by atoms with Crippen molar-refractivity contribution in [2.45, 2.75) is 13.0 Å². The van der Waals surface area contributed by atoms with Crippen molar-refractivity contribution in [3.8, 4) is 16.9 Å². The second-order valence-electron chi connectivity index (χ2n) is 5.87. The van der Waals surface area contributed by atoms with Gasteiger partial charge in [-0.25, -0.2) is 4.39 Å². The Kier molecular flexibility index (Phi) is 4.91. The van der Waals surface area contributed by atoms with E-state index in [4.69, 9.17) is 5.11 Å². The maximum atomic E-state index is 13.4. The number of rotatable bonds is 4. The fourth-order valence-electron chi connectivity index (χ4n) is 2.56. The summed E-state index contributed by atoms with van der Waals surface area (Å²) < 4.78 is 13.1. The number of amides is 1. The van der Waals surface area contributed by atoms with E-state index in [0.717, 1.165) is 11.3 Å². The molecule has 0 aliphatic carbocycles. The van der Waals surface area contributed by atoms with Crippen molar-refractivity contribution in [2.24, 2.45) is 0 Å². The smallest absolute Gasteiger partial charge is 0.325 e. The maximum Gasteiger partial charge on any atom is 0.325 e. The molecule has 138 valence electrons. The molecule has 3 rings (SSSR count). The highest BCUT2D eigenvalue weighted by Crippen LogP contribution is 2.32. The number of fused-ring (bicyclic) bond motifs is 1. The van der Waals surface area contributed by atoms with Gasteiger partial charge in [0.1, 0.15) is 23.2 Å². The van der Waals surface area contributed by atoms with Crippen molar-refractivity contribution in [3.05, 3.63) is 63.4 Å². The zero-order chi connectivity index (χ0) is 19.7. The predicted octanol–water partition coefficient (Wildman–Crippen LogP) is 2.98. The van der Waals surface area contributed by atoms with E-state index in [-0.39, 0.29) is 5.39 Å². The molecule has 0 spiro atoms. The van der Waals surface area contributed by atoms with Gasteiger partial charge in [-0.3, -0.25) is 14.4 Å². The lowest BCUT2D eigenvalue weighted by Gasteiger charge is -2.11. The van der Waals surface area contributed by atoms with E-state index in [2.05, 4.69) is 5.32 Å². The monoisotopic (exact) mass is 387 g/mol. The first kappa shape index (κ1) is 18.5. The van der Waals surface area contributed by atoms with Crippen LogP contribution in [0.4, 0.5) is 4.39 Å². The van der Waals surface area contributed by atoms with Gasteiger partial charge in [-0.1, -0.05) is 29.5 Å². The van der Waals surface area contributed by atoms with E-state index in [1.54, 1.807) is 24.3 Å². The SMILES string of the molecule is CC(NC(=O)c1c(O)c2ccc(-c3cccc(F)c3)cc2sc1=O)C(=O)O. The summed E-state index contributed by atoms with van der Waals surface area (Å²) in [5.74, 6) is -3.14. The van der Waals surface area contributed by atoms with Gasteiger partial charge < -0.3 is 15.5 Å². The van der Waals surface area contributed by atoms with Gasteiger partial charge in [-0.05, 0) is 42.3 Å². The minimum absolute atomic E-state index is 0.271. The molecule has 0 saturated heterocycles. The number of aromatic hydroxyl groups is 1. The van der Waals surface area contributed by atoms with Crippen LogP contribution in [0.5, 0.6) is 5.75 Å². The normalized spacial score (nSPS) is 11.9. The lowest BCUT2D eigenvalue weighted by molar-refractivity contribution is -0.138. The van der Waals surface area contributed by atoms with Crippen molar-refractivity contribution in [3.63, 3.8) is 0 Å². The van der Waals surface area contributed by atoms with Crippen LogP contribution >= 0.6 is 11.3 Å². The Morgan fingerprint density at radius 2 is 1.85 bits per heavy atom. The summed E-state index contributed by atoms with van der Waals surface area (Å²) in [6, 6.07) is 9.50. The quantitative estimate of drug-likeness (QED) is 0.639. The molecule has 0 aliphatic rings. The van der Waals surface area contributed by atoms with Gasteiger partial charge in [0.25, 0.3) is 5.91 Å². The molecule has 0 bridgehead atoms. The predicted molar refractivity (Wildman–Crippen MR) is 99.7 cm³/mol. The fraction of sp³-hybridized carbons (Fsp3) is 0.105. The standard InChI is InChI=1S/C19H14FNO5S/c1-9(18(24)25)21-17(23)15-16(22)13-6-5-11(8-14(13)27-19(15)26)10-3-2-4-12(20)7-10/h2-9,22H,1H3,(H,21,23)(H,24,25). The van der Waals surface area contributed by atoms with E-state index in [1.807, 2.05) is 0 Å². The van der Waals surface area contributed by atoms with Crippen LogP contribution in [0.25, 0.3) is 21.2 Å². The van der Waals surface area contributed by atoms with Gasteiger partial charge in [-0.2, -0.15) is 0 Å². The molecule has 1 amide bonds. The lowest BCUT2D eigenvalue weighted by atomic mass is 10.0. The number of nitrogens with one attached hydrogen (secondary N) is 1. The summed E-state index contributed by atoms with van der Waals surface area (Å²) in [5.41, 5.74) is 0.751. The Balaban J connectivity index is 2.08. The molecular formula is C19H14FNO5S. The summed E-state index contributed by atoms with van der Waals surface area (Å²) in [4.78, 5) is 35.4. The number of carbonyl (C=O) groups excluding carboxylic acids is 1. The zero-order valence-corrected chi connectivity index (χ0v) is 14.8. The number of carboxylic acid groups (broad SMARTS) is 1. The molecule has 3 aromatic rings. The van der Waals surface area contributed by atoms with Gasteiger partial charge in [-0.15, -0.1) is 0 Å². The Labute approximate surface area is 156 Å². The topological polar surface area (TPSA) is 104 Å². The van der Waals surface area contributed by atoms with Crippen LogP contribution in [0, 0.1) is 5.82 Å².